The minimum atomic E-state index is -0.486. The highest BCUT2D eigenvalue weighted by Crippen LogP contribution is 2.33. The molecule has 1 N–H and O–H groups in total. The second-order valence-corrected chi connectivity index (χ2v) is 5.62. The van der Waals surface area contributed by atoms with Gasteiger partial charge in [-0.1, -0.05) is 33.6 Å². The Morgan fingerprint density at radius 1 is 1.16 bits per heavy atom. The molecule has 0 heterocycles. The average molecular weight is 334 g/mol. The molecule has 0 aromatic heterocycles. The van der Waals surface area contributed by atoms with Crippen molar-refractivity contribution in [2.45, 2.75) is 46.1 Å². The van der Waals surface area contributed by atoms with Gasteiger partial charge in [0.15, 0.2) is 0 Å². The van der Waals surface area contributed by atoms with Crippen LogP contribution in [0.3, 0.4) is 0 Å². The quantitative estimate of drug-likeness (QED) is 0.676. The maximum absolute atomic E-state index is 14.2. The normalized spacial score (nSPS) is 13.0. The van der Waals surface area contributed by atoms with E-state index in [2.05, 4.69) is 35.1 Å². The fourth-order valence-corrected chi connectivity index (χ4v) is 2.74. The van der Waals surface area contributed by atoms with E-state index >= 15 is 0 Å². The Hall–Kier alpha value is -0.480. The first-order chi connectivity index (χ1) is 9.06. The van der Waals surface area contributed by atoms with Crippen molar-refractivity contribution >= 4 is 15.9 Å². The maximum Gasteiger partial charge on any atom is 0.145 e. The molecule has 0 saturated carbocycles. The zero-order valence-corrected chi connectivity index (χ0v) is 13.4. The van der Waals surface area contributed by atoms with Crippen LogP contribution in [0.25, 0.3) is 0 Å². The van der Waals surface area contributed by atoms with E-state index in [0.717, 1.165) is 25.8 Å². The van der Waals surface area contributed by atoms with Crippen molar-refractivity contribution in [3.05, 3.63) is 33.8 Å². The summed E-state index contributed by atoms with van der Waals surface area (Å²) in [4.78, 5) is 0. The lowest BCUT2D eigenvalue weighted by atomic mass is 9.88. The molecule has 1 rings (SSSR count). The lowest BCUT2D eigenvalue weighted by molar-refractivity contribution is 0.322. The molecule has 0 bridgehead atoms. The summed E-state index contributed by atoms with van der Waals surface area (Å²) in [6.45, 7) is 6.92. The molecule has 19 heavy (non-hydrogen) atoms. The molecule has 0 radical (unpaired) electrons. The number of rotatable bonds is 7. The van der Waals surface area contributed by atoms with E-state index in [1.807, 2.05) is 6.92 Å². The Morgan fingerprint density at radius 2 is 1.79 bits per heavy atom. The first kappa shape index (κ1) is 16.6. The highest BCUT2D eigenvalue weighted by atomic mass is 79.9. The Labute approximate surface area is 122 Å². The molecule has 1 nitrogen and oxygen atoms in total. The third-order valence-corrected chi connectivity index (χ3v) is 4.14. The van der Waals surface area contributed by atoms with Gasteiger partial charge in [0.1, 0.15) is 11.6 Å². The van der Waals surface area contributed by atoms with Crippen molar-refractivity contribution in [3.8, 4) is 0 Å². The molecule has 1 aromatic rings. The molecule has 0 saturated heterocycles. The molecule has 0 aliphatic rings. The average Bonchev–Trinajstić information content (AvgIpc) is 2.41. The van der Waals surface area contributed by atoms with Crippen LogP contribution in [0.1, 0.15) is 51.6 Å². The molecular formula is C15H22BrF2N. The second-order valence-electron chi connectivity index (χ2n) is 4.77. The number of hydrogen-bond donors (Lipinski definition) is 1. The SMILES string of the molecule is CCCNC(c1c(F)ccc(Br)c1F)C(CC)CC. The minimum Gasteiger partial charge on any atom is -0.310 e. The van der Waals surface area contributed by atoms with Crippen LogP contribution in [0.4, 0.5) is 8.78 Å². The van der Waals surface area contributed by atoms with E-state index in [4.69, 9.17) is 0 Å². The van der Waals surface area contributed by atoms with Gasteiger partial charge in [-0.25, -0.2) is 8.78 Å². The Kier molecular flexibility index (Phi) is 6.94. The largest absolute Gasteiger partial charge is 0.310 e. The highest BCUT2D eigenvalue weighted by Gasteiger charge is 2.26. The van der Waals surface area contributed by atoms with Crippen molar-refractivity contribution in [1.29, 1.82) is 0 Å². The van der Waals surface area contributed by atoms with Gasteiger partial charge in [0, 0.05) is 11.6 Å². The highest BCUT2D eigenvalue weighted by molar-refractivity contribution is 9.10. The van der Waals surface area contributed by atoms with Crippen LogP contribution < -0.4 is 5.32 Å². The molecular weight excluding hydrogens is 312 g/mol. The third-order valence-electron chi connectivity index (χ3n) is 3.52. The second kappa shape index (κ2) is 7.95. The molecule has 0 spiro atoms. The summed E-state index contributed by atoms with van der Waals surface area (Å²) in [5.74, 6) is -0.730. The van der Waals surface area contributed by atoms with E-state index in [0.29, 0.717) is 4.47 Å². The van der Waals surface area contributed by atoms with E-state index in [1.54, 1.807) is 0 Å². The van der Waals surface area contributed by atoms with Gasteiger partial charge in [-0.05, 0) is 46.9 Å². The van der Waals surface area contributed by atoms with Gasteiger partial charge < -0.3 is 5.32 Å². The maximum atomic E-state index is 14.2. The van der Waals surface area contributed by atoms with E-state index < -0.39 is 11.6 Å². The van der Waals surface area contributed by atoms with Crippen LogP contribution in [-0.2, 0) is 0 Å². The van der Waals surface area contributed by atoms with E-state index in [1.165, 1.54) is 12.1 Å². The summed E-state index contributed by atoms with van der Waals surface area (Å²) in [5.41, 5.74) is 0.163. The van der Waals surface area contributed by atoms with E-state index in [9.17, 15) is 8.78 Å². The Balaban J connectivity index is 3.19. The smallest absolute Gasteiger partial charge is 0.145 e. The monoisotopic (exact) mass is 333 g/mol. The fraction of sp³-hybridized carbons (Fsp3) is 0.600. The van der Waals surface area contributed by atoms with Crippen LogP contribution >= 0.6 is 15.9 Å². The summed E-state index contributed by atoms with van der Waals surface area (Å²) < 4.78 is 28.6. The number of nitrogens with one attached hydrogen (secondary N) is 1. The Bertz CT molecular complexity index is 405. The Morgan fingerprint density at radius 3 is 2.32 bits per heavy atom. The molecule has 108 valence electrons. The van der Waals surface area contributed by atoms with Gasteiger partial charge >= 0.3 is 0 Å². The molecule has 0 aliphatic heterocycles. The van der Waals surface area contributed by atoms with Crippen molar-refractivity contribution in [2.24, 2.45) is 5.92 Å². The van der Waals surface area contributed by atoms with Gasteiger partial charge in [-0.15, -0.1) is 0 Å². The number of halogens is 3. The van der Waals surface area contributed by atoms with Crippen molar-refractivity contribution in [3.63, 3.8) is 0 Å². The van der Waals surface area contributed by atoms with E-state index in [-0.39, 0.29) is 17.5 Å². The molecule has 0 fully saturated rings. The number of hydrogen-bond acceptors (Lipinski definition) is 1. The van der Waals surface area contributed by atoms with Crippen LogP contribution in [-0.4, -0.2) is 6.54 Å². The topological polar surface area (TPSA) is 12.0 Å². The van der Waals surface area contributed by atoms with Crippen LogP contribution in [0.5, 0.6) is 0 Å². The summed E-state index contributed by atoms with van der Waals surface area (Å²) in [6.07, 6.45) is 2.72. The molecule has 1 aromatic carbocycles. The molecule has 0 aliphatic carbocycles. The zero-order chi connectivity index (χ0) is 14.4. The lowest BCUT2D eigenvalue weighted by Gasteiger charge is -2.28. The summed E-state index contributed by atoms with van der Waals surface area (Å²) in [6, 6.07) is 2.47. The van der Waals surface area contributed by atoms with Gasteiger partial charge in [-0.2, -0.15) is 0 Å². The third kappa shape index (κ3) is 3.99. The van der Waals surface area contributed by atoms with Gasteiger partial charge in [-0.3, -0.25) is 0 Å². The summed E-state index contributed by atoms with van der Waals surface area (Å²) >= 11 is 3.14. The van der Waals surface area contributed by atoms with Crippen LogP contribution in [0.15, 0.2) is 16.6 Å². The van der Waals surface area contributed by atoms with Gasteiger partial charge in [0.2, 0.25) is 0 Å². The van der Waals surface area contributed by atoms with Gasteiger partial charge in [0.05, 0.1) is 4.47 Å². The minimum absolute atomic E-state index is 0.163. The summed E-state index contributed by atoms with van der Waals surface area (Å²) in [5, 5.41) is 3.30. The molecule has 1 unspecified atom stereocenters. The predicted octanol–water partition coefficient (Wildman–Crippen LogP) is 5.20. The number of benzene rings is 1. The molecule has 0 amide bonds. The van der Waals surface area contributed by atoms with Crippen LogP contribution in [0, 0.1) is 17.6 Å². The van der Waals surface area contributed by atoms with Crippen molar-refractivity contribution < 1.29 is 8.78 Å². The van der Waals surface area contributed by atoms with Gasteiger partial charge in [0.25, 0.3) is 0 Å². The first-order valence-corrected chi connectivity index (χ1v) is 7.72. The predicted molar refractivity (Wildman–Crippen MR) is 79.2 cm³/mol. The molecule has 4 heteroatoms. The van der Waals surface area contributed by atoms with Crippen molar-refractivity contribution in [2.75, 3.05) is 6.54 Å². The zero-order valence-electron chi connectivity index (χ0n) is 11.8. The fourth-order valence-electron chi connectivity index (χ4n) is 2.39. The standard InChI is InChI=1S/C15H22BrF2N/c1-4-9-19-15(10(5-2)6-3)13-12(17)8-7-11(16)14(13)18/h7-8,10,15,19H,4-6,9H2,1-3H3. The first-order valence-electron chi connectivity index (χ1n) is 6.93. The lowest BCUT2D eigenvalue weighted by Crippen LogP contribution is -2.30. The van der Waals surface area contributed by atoms with Crippen LogP contribution in [0.2, 0.25) is 0 Å². The summed E-state index contributed by atoms with van der Waals surface area (Å²) in [7, 11) is 0. The van der Waals surface area contributed by atoms with Crippen molar-refractivity contribution in [1.82, 2.24) is 5.32 Å². The molecule has 1 atom stereocenters.